The third-order valence-electron chi connectivity index (χ3n) is 7.71. The van der Waals surface area contributed by atoms with Gasteiger partial charge in [0.15, 0.2) is 5.65 Å². The van der Waals surface area contributed by atoms with E-state index in [4.69, 9.17) is 0 Å². The predicted molar refractivity (Wildman–Crippen MR) is 119 cm³/mol. The van der Waals surface area contributed by atoms with E-state index in [2.05, 4.69) is 10.4 Å². The van der Waals surface area contributed by atoms with Gasteiger partial charge < -0.3 is 5.32 Å². The molecule has 2 aromatic heterocycles. The lowest BCUT2D eigenvalue weighted by molar-refractivity contribution is -0.144. The van der Waals surface area contributed by atoms with Gasteiger partial charge in [0.2, 0.25) is 17.7 Å². The van der Waals surface area contributed by atoms with Crippen molar-refractivity contribution in [1.82, 2.24) is 24.4 Å². The van der Waals surface area contributed by atoms with Crippen LogP contribution in [0.25, 0.3) is 16.6 Å². The highest BCUT2D eigenvalue weighted by atomic mass is 16.2. The fraction of sp³-hybridized carbons (Fsp3) is 0.458. The molecule has 170 valence electrons. The molecule has 0 unspecified atom stereocenters. The van der Waals surface area contributed by atoms with Crippen molar-refractivity contribution < 1.29 is 14.4 Å². The molecule has 1 aromatic carbocycles. The largest absolute Gasteiger partial charge is 0.353 e. The summed E-state index contributed by atoms with van der Waals surface area (Å²) in [7, 11) is 0. The Morgan fingerprint density at radius 2 is 1.79 bits per heavy atom. The van der Waals surface area contributed by atoms with Crippen molar-refractivity contribution >= 4 is 34.3 Å². The van der Waals surface area contributed by atoms with Gasteiger partial charge in [-0.15, -0.1) is 5.10 Å². The van der Waals surface area contributed by atoms with Gasteiger partial charge in [-0.3, -0.25) is 19.3 Å². The second-order valence-corrected chi connectivity index (χ2v) is 9.55. The molecule has 3 amide bonds. The minimum absolute atomic E-state index is 0.175. The Morgan fingerprint density at radius 3 is 2.52 bits per heavy atom. The minimum Gasteiger partial charge on any atom is -0.353 e. The summed E-state index contributed by atoms with van der Waals surface area (Å²) in [5, 5.41) is 8.13. The number of aromatic nitrogens is 3. The first kappa shape index (κ1) is 20.1. The van der Waals surface area contributed by atoms with E-state index >= 15 is 0 Å². The molecule has 3 aliphatic rings. The van der Waals surface area contributed by atoms with Crippen LogP contribution in [-0.4, -0.2) is 49.9 Å². The Morgan fingerprint density at radius 1 is 1.09 bits per heavy atom. The molecule has 3 fully saturated rings. The molecule has 9 heteroatoms. The number of likely N-dealkylation sites (tertiary alicyclic amines) is 1. The van der Waals surface area contributed by atoms with Crippen LogP contribution in [-0.2, 0) is 20.9 Å². The average Bonchev–Trinajstić information content (AvgIpc) is 3.55. The first-order valence-corrected chi connectivity index (χ1v) is 11.5. The van der Waals surface area contributed by atoms with E-state index in [1.807, 2.05) is 37.3 Å². The van der Waals surface area contributed by atoms with Crippen molar-refractivity contribution in [3.8, 4) is 0 Å². The minimum atomic E-state index is -0.400. The van der Waals surface area contributed by atoms with Gasteiger partial charge in [0.05, 0.1) is 23.9 Å². The van der Waals surface area contributed by atoms with Crippen LogP contribution in [0.4, 0.5) is 0 Å². The maximum atomic E-state index is 13.0. The average molecular weight is 447 g/mol. The van der Waals surface area contributed by atoms with Crippen molar-refractivity contribution in [3.63, 3.8) is 0 Å². The zero-order valence-corrected chi connectivity index (χ0v) is 18.4. The Kier molecular flexibility index (Phi) is 4.43. The number of carbonyl (C=O) groups is 3. The molecule has 0 spiro atoms. The van der Waals surface area contributed by atoms with Crippen LogP contribution >= 0.6 is 0 Å². The van der Waals surface area contributed by atoms with Crippen LogP contribution in [0.1, 0.15) is 24.8 Å². The molecule has 1 aliphatic heterocycles. The number of carbonyl (C=O) groups excluding carboxylic acids is 3. The molecule has 2 bridgehead atoms. The third-order valence-corrected chi connectivity index (χ3v) is 7.71. The first-order chi connectivity index (χ1) is 15.9. The highest BCUT2D eigenvalue weighted by molar-refractivity contribution is 6.08. The van der Waals surface area contributed by atoms with Gasteiger partial charge in [-0.05, 0) is 61.1 Å². The van der Waals surface area contributed by atoms with Crippen molar-refractivity contribution in [1.29, 1.82) is 0 Å². The topological polar surface area (TPSA) is 106 Å². The Hall–Kier alpha value is -3.49. The molecule has 2 saturated carbocycles. The van der Waals surface area contributed by atoms with Crippen molar-refractivity contribution in [2.45, 2.75) is 32.7 Å². The lowest BCUT2D eigenvalue weighted by Crippen LogP contribution is -2.42. The van der Waals surface area contributed by atoms with Gasteiger partial charge in [-0.25, -0.2) is 13.9 Å². The third kappa shape index (κ3) is 2.94. The Bertz CT molecular complexity index is 1360. The van der Waals surface area contributed by atoms with Gasteiger partial charge in [-0.2, -0.15) is 0 Å². The maximum Gasteiger partial charge on any atom is 0.350 e. The number of pyridine rings is 1. The number of para-hydroxylation sites is 1. The predicted octanol–water partition coefficient (Wildman–Crippen LogP) is 1.10. The van der Waals surface area contributed by atoms with Gasteiger partial charge in [0.1, 0.15) is 6.54 Å². The second kappa shape index (κ2) is 7.26. The van der Waals surface area contributed by atoms with E-state index in [1.165, 1.54) is 4.68 Å². The highest BCUT2D eigenvalue weighted by Crippen LogP contribution is 2.56. The fourth-order valence-corrected chi connectivity index (χ4v) is 6.26. The van der Waals surface area contributed by atoms with E-state index in [-0.39, 0.29) is 49.0 Å². The maximum absolute atomic E-state index is 13.0. The molecule has 33 heavy (non-hydrogen) atoms. The lowest BCUT2D eigenvalue weighted by Gasteiger charge is -2.19. The summed E-state index contributed by atoms with van der Waals surface area (Å²) >= 11 is 0. The lowest BCUT2D eigenvalue weighted by atomic mass is 9.81. The summed E-state index contributed by atoms with van der Waals surface area (Å²) in [4.78, 5) is 52.1. The Labute approximate surface area is 189 Å². The second-order valence-electron chi connectivity index (χ2n) is 9.55. The number of benzene rings is 1. The summed E-state index contributed by atoms with van der Waals surface area (Å²) in [6.45, 7) is 2.02. The highest BCUT2D eigenvalue weighted by Gasteiger charge is 2.60. The summed E-state index contributed by atoms with van der Waals surface area (Å²) in [6.07, 6.45) is 2.98. The molecule has 3 heterocycles. The Balaban J connectivity index is 1.13. The van der Waals surface area contributed by atoms with E-state index in [9.17, 15) is 19.2 Å². The van der Waals surface area contributed by atoms with Crippen LogP contribution < -0.4 is 11.0 Å². The van der Waals surface area contributed by atoms with Crippen LogP contribution in [0, 0.1) is 30.6 Å². The van der Waals surface area contributed by atoms with Crippen LogP contribution in [0.15, 0.2) is 35.1 Å². The first-order valence-electron chi connectivity index (χ1n) is 11.5. The molecule has 1 N–H and O–H groups in total. The number of nitrogens with zero attached hydrogens (tertiary/aromatic N) is 4. The van der Waals surface area contributed by atoms with Gasteiger partial charge >= 0.3 is 5.69 Å². The van der Waals surface area contributed by atoms with Gasteiger partial charge in [0, 0.05) is 6.54 Å². The van der Waals surface area contributed by atoms with Crippen LogP contribution in [0.3, 0.4) is 0 Å². The number of imide groups is 1. The monoisotopic (exact) mass is 447 g/mol. The summed E-state index contributed by atoms with van der Waals surface area (Å²) in [6, 6.07) is 9.62. The van der Waals surface area contributed by atoms with E-state index in [1.54, 1.807) is 4.40 Å². The molecule has 9 nitrogen and oxygen atoms in total. The molecule has 6 rings (SSSR count). The molecule has 4 atom stereocenters. The quantitative estimate of drug-likeness (QED) is 0.590. The smallest absolute Gasteiger partial charge is 0.350 e. The van der Waals surface area contributed by atoms with Crippen molar-refractivity contribution in [2.24, 2.45) is 23.7 Å². The van der Waals surface area contributed by atoms with Crippen molar-refractivity contribution in [2.75, 3.05) is 13.1 Å². The zero-order chi connectivity index (χ0) is 22.9. The normalized spacial score (nSPS) is 26.0. The van der Waals surface area contributed by atoms with Gasteiger partial charge in [0.25, 0.3) is 0 Å². The molecule has 3 aromatic rings. The van der Waals surface area contributed by atoms with E-state index in [0.29, 0.717) is 17.5 Å². The molecule has 2 aliphatic carbocycles. The number of nitrogens with one attached hydrogen (secondary N) is 1. The number of amides is 3. The fourth-order valence-electron chi connectivity index (χ4n) is 6.26. The summed E-state index contributed by atoms with van der Waals surface area (Å²) < 4.78 is 2.92. The van der Waals surface area contributed by atoms with Gasteiger partial charge in [-0.1, -0.05) is 18.2 Å². The molecule has 1 saturated heterocycles. The number of hydrogen-bond acceptors (Lipinski definition) is 5. The molecular weight excluding hydrogens is 422 g/mol. The van der Waals surface area contributed by atoms with E-state index in [0.717, 1.165) is 40.6 Å². The van der Waals surface area contributed by atoms with Crippen LogP contribution in [0.5, 0.6) is 0 Å². The summed E-state index contributed by atoms with van der Waals surface area (Å²) in [5.41, 5.74) is 1.98. The van der Waals surface area contributed by atoms with Crippen molar-refractivity contribution in [3.05, 3.63) is 46.4 Å². The zero-order valence-electron chi connectivity index (χ0n) is 18.4. The number of hydrogen-bond donors (Lipinski definition) is 1. The number of fused-ring (bicyclic) bond motifs is 8. The summed E-state index contributed by atoms with van der Waals surface area (Å²) in [5.74, 6) is -0.630. The standard InChI is InChI=1S/C24H25N5O4/c1-13-10-14-4-2-3-5-17(14)29-21(13)26-28(24(29)33)9-8-25-18(30)12-27-22(31)19-15-6-7-16(11-15)20(19)23(27)32/h2-5,10,15-16,19-20H,6-9,11-12H2,1H3,(H,25,30)/t15-,16-,19+,20+/m0/s1. The molecular formula is C24H25N5O4. The number of rotatable bonds is 5. The number of aryl methyl sites for hydroxylation is 1. The molecule has 0 radical (unpaired) electrons. The van der Waals surface area contributed by atoms with E-state index < -0.39 is 5.91 Å². The van der Waals surface area contributed by atoms with Crippen LogP contribution in [0.2, 0.25) is 0 Å². The SMILES string of the molecule is Cc1cc2ccccc2n2c(=O)n(CCNC(=O)CN3C(=O)[C@@H]4[C@H]5CC[C@@H](C5)[C@H]4C3=O)nc12.